The second kappa shape index (κ2) is 5.53. The van der Waals surface area contributed by atoms with E-state index in [9.17, 15) is 0 Å². The zero-order valence-corrected chi connectivity index (χ0v) is 11.8. The van der Waals surface area contributed by atoms with E-state index in [0.29, 0.717) is 5.54 Å². The van der Waals surface area contributed by atoms with Crippen LogP contribution in [0.1, 0.15) is 52.9 Å². The van der Waals surface area contributed by atoms with Gasteiger partial charge in [-0.25, -0.2) is 0 Å². The summed E-state index contributed by atoms with van der Waals surface area (Å²) in [5.41, 5.74) is 1.88. The number of nitrogens with one attached hydrogen (secondary N) is 1. The first kappa shape index (κ1) is 13.1. The van der Waals surface area contributed by atoms with Crippen LogP contribution in [-0.2, 0) is 0 Å². The molecule has 0 radical (unpaired) electrons. The van der Waals surface area contributed by atoms with Gasteiger partial charge in [-0.05, 0) is 46.6 Å². The van der Waals surface area contributed by atoms with Gasteiger partial charge in [-0.15, -0.1) is 0 Å². The maximum absolute atomic E-state index is 3.84. The minimum atomic E-state index is 0.445. The smallest absolute Gasteiger partial charge is 0.0309 e. The second-order valence-electron chi connectivity index (χ2n) is 6.26. The Bertz CT molecular complexity index is 273. The molecule has 0 aromatic rings. The Labute approximate surface area is 106 Å². The summed E-state index contributed by atoms with van der Waals surface area (Å²) in [6.45, 7) is 10.4. The van der Waals surface area contributed by atoms with Crippen LogP contribution in [0.3, 0.4) is 0 Å². The van der Waals surface area contributed by atoms with E-state index in [-0.39, 0.29) is 0 Å². The summed E-state index contributed by atoms with van der Waals surface area (Å²) < 4.78 is 0. The minimum Gasteiger partial charge on any atom is -0.310 e. The molecule has 0 aromatic heterocycles. The highest BCUT2D eigenvalue weighted by atomic mass is 15.2. The molecule has 98 valence electrons. The van der Waals surface area contributed by atoms with E-state index in [1.807, 2.05) is 0 Å². The maximum Gasteiger partial charge on any atom is 0.0309 e. The fourth-order valence-electron chi connectivity index (χ4n) is 3.26. The third-order valence-electron chi connectivity index (χ3n) is 4.49. The molecule has 1 saturated heterocycles. The minimum absolute atomic E-state index is 0.445. The van der Waals surface area contributed by atoms with Gasteiger partial charge >= 0.3 is 0 Å². The van der Waals surface area contributed by atoms with Gasteiger partial charge in [-0.3, -0.25) is 4.90 Å². The molecule has 2 fully saturated rings. The molecule has 0 amide bonds. The van der Waals surface area contributed by atoms with Crippen molar-refractivity contribution < 1.29 is 0 Å². The predicted octanol–water partition coefficient (Wildman–Crippen LogP) is 2.95. The van der Waals surface area contributed by atoms with Gasteiger partial charge in [0.05, 0.1) is 0 Å². The normalized spacial score (nSPS) is 29.2. The molecule has 1 unspecified atom stereocenters. The van der Waals surface area contributed by atoms with Crippen molar-refractivity contribution >= 4 is 0 Å². The highest BCUT2D eigenvalue weighted by Gasteiger charge is 2.37. The Balaban J connectivity index is 2.03. The van der Waals surface area contributed by atoms with Crippen LogP contribution in [0.4, 0.5) is 0 Å². The van der Waals surface area contributed by atoms with Crippen LogP contribution in [0, 0.1) is 0 Å². The molecule has 0 bridgehead atoms. The van der Waals surface area contributed by atoms with Crippen LogP contribution < -0.4 is 5.32 Å². The molecule has 2 rings (SSSR count). The summed E-state index contributed by atoms with van der Waals surface area (Å²) in [6, 6.07) is 0.720. The standard InChI is InChI=1S/C15H28N2/c1-13(2)7-11-17-12-15(8-4-5-9-15)16-10-6-14(17)3/h7,14,16H,4-6,8-12H2,1-3H3. The van der Waals surface area contributed by atoms with Crippen LogP contribution in [0.2, 0.25) is 0 Å². The van der Waals surface area contributed by atoms with E-state index in [1.54, 1.807) is 0 Å². The lowest BCUT2D eigenvalue weighted by atomic mass is 9.97. The lowest BCUT2D eigenvalue weighted by Gasteiger charge is -2.35. The molecule has 1 atom stereocenters. The molecule has 2 heteroatoms. The van der Waals surface area contributed by atoms with Crippen molar-refractivity contribution in [2.75, 3.05) is 19.6 Å². The molecule has 1 spiro atoms. The molecular formula is C15H28N2. The van der Waals surface area contributed by atoms with Gasteiger partial charge in [-0.2, -0.15) is 0 Å². The summed E-state index contributed by atoms with van der Waals surface area (Å²) in [4.78, 5) is 2.68. The maximum atomic E-state index is 3.84. The molecular weight excluding hydrogens is 208 g/mol. The first-order chi connectivity index (χ1) is 8.11. The van der Waals surface area contributed by atoms with Gasteiger partial charge in [0.15, 0.2) is 0 Å². The van der Waals surface area contributed by atoms with Gasteiger partial charge in [0, 0.05) is 24.7 Å². The zero-order chi connectivity index (χ0) is 12.3. The van der Waals surface area contributed by atoms with Crippen molar-refractivity contribution in [3.63, 3.8) is 0 Å². The van der Waals surface area contributed by atoms with Gasteiger partial charge in [0.2, 0.25) is 0 Å². The van der Waals surface area contributed by atoms with Gasteiger partial charge in [0.25, 0.3) is 0 Å². The quantitative estimate of drug-likeness (QED) is 0.742. The average molecular weight is 236 g/mol. The summed E-state index contributed by atoms with van der Waals surface area (Å²) in [5, 5.41) is 3.84. The molecule has 0 aromatic carbocycles. The van der Waals surface area contributed by atoms with Crippen LogP contribution in [0.15, 0.2) is 11.6 Å². The topological polar surface area (TPSA) is 15.3 Å². The highest BCUT2D eigenvalue weighted by molar-refractivity contribution is 5.01. The number of allylic oxidation sites excluding steroid dienone is 1. The SMILES string of the molecule is CC(C)=CCN1CC2(CCCC2)NCCC1C. The van der Waals surface area contributed by atoms with Crippen molar-refractivity contribution in [3.05, 3.63) is 11.6 Å². The monoisotopic (exact) mass is 236 g/mol. The number of hydrogen-bond donors (Lipinski definition) is 1. The molecule has 1 aliphatic heterocycles. The van der Waals surface area contributed by atoms with Gasteiger partial charge < -0.3 is 5.32 Å². The average Bonchev–Trinajstić information content (AvgIpc) is 2.66. The number of nitrogens with zero attached hydrogens (tertiary/aromatic N) is 1. The van der Waals surface area contributed by atoms with Crippen LogP contribution in [-0.4, -0.2) is 36.1 Å². The van der Waals surface area contributed by atoms with Crippen LogP contribution in [0.5, 0.6) is 0 Å². The van der Waals surface area contributed by atoms with Crippen molar-refractivity contribution in [2.24, 2.45) is 0 Å². The molecule has 1 N–H and O–H groups in total. The Morgan fingerprint density at radius 2 is 2.06 bits per heavy atom. The predicted molar refractivity (Wildman–Crippen MR) is 74.3 cm³/mol. The molecule has 1 saturated carbocycles. The molecule has 17 heavy (non-hydrogen) atoms. The molecule has 2 aliphatic rings. The molecule has 2 nitrogen and oxygen atoms in total. The van der Waals surface area contributed by atoms with Crippen molar-refractivity contribution in [2.45, 2.75) is 64.5 Å². The van der Waals surface area contributed by atoms with Crippen molar-refractivity contribution in [3.8, 4) is 0 Å². The summed E-state index contributed by atoms with van der Waals surface area (Å²) in [7, 11) is 0. The van der Waals surface area contributed by atoms with Crippen LogP contribution in [0.25, 0.3) is 0 Å². The Kier molecular flexibility index (Phi) is 4.26. The lowest BCUT2D eigenvalue weighted by molar-refractivity contribution is 0.184. The van der Waals surface area contributed by atoms with E-state index in [1.165, 1.54) is 50.8 Å². The first-order valence-corrected chi connectivity index (χ1v) is 7.24. The van der Waals surface area contributed by atoms with Gasteiger partial charge in [0.1, 0.15) is 0 Å². The fraction of sp³-hybridized carbons (Fsp3) is 0.867. The summed E-state index contributed by atoms with van der Waals surface area (Å²) >= 11 is 0. The van der Waals surface area contributed by atoms with E-state index in [2.05, 4.69) is 37.1 Å². The van der Waals surface area contributed by atoms with E-state index >= 15 is 0 Å². The zero-order valence-electron chi connectivity index (χ0n) is 11.8. The Morgan fingerprint density at radius 3 is 2.71 bits per heavy atom. The highest BCUT2D eigenvalue weighted by Crippen LogP contribution is 2.32. The summed E-state index contributed by atoms with van der Waals surface area (Å²) in [5.74, 6) is 0. The second-order valence-corrected chi connectivity index (χ2v) is 6.26. The largest absolute Gasteiger partial charge is 0.310 e. The van der Waals surface area contributed by atoms with Crippen molar-refractivity contribution in [1.29, 1.82) is 0 Å². The third-order valence-corrected chi connectivity index (χ3v) is 4.49. The number of hydrogen-bond acceptors (Lipinski definition) is 2. The van der Waals surface area contributed by atoms with E-state index < -0.39 is 0 Å². The summed E-state index contributed by atoms with van der Waals surface area (Å²) in [6.07, 6.45) is 9.26. The fourth-order valence-corrected chi connectivity index (χ4v) is 3.26. The van der Waals surface area contributed by atoms with Crippen LogP contribution >= 0.6 is 0 Å². The molecule has 1 heterocycles. The van der Waals surface area contributed by atoms with Gasteiger partial charge in [-0.1, -0.05) is 24.5 Å². The van der Waals surface area contributed by atoms with E-state index in [4.69, 9.17) is 0 Å². The van der Waals surface area contributed by atoms with E-state index in [0.717, 1.165) is 12.6 Å². The Hall–Kier alpha value is -0.340. The lowest BCUT2D eigenvalue weighted by Crippen LogP contribution is -2.50. The molecule has 1 aliphatic carbocycles. The third kappa shape index (κ3) is 3.32. The first-order valence-electron chi connectivity index (χ1n) is 7.24. The van der Waals surface area contributed by atoms with Crippen molar-refractivity contribution in [1.82, 2.24) is 10.2 Å². The number of rotatable bonds is 2. The Morgan fingerprint density at radius 1 is 1.35 bits per heavy atom.